The van der Waals surface area contributed by atoms with Crippen LogP contribution in [-0.2, 0) is 26.7 Å². The third kappa shape index (κ3) is 3.91. The summed E-state index contributed by atoms with van der Waals surface area (Å²) in [6.07, 6.45) is 7.00. The van der Waals surface area contributed by atoms with E-state index < -0.39 is 39.2 Å². The van der Waals surface area contributed by atoms with Gasteiger partial charge in [-0.1, -0.05) is 18.2 Å². The van der Waals surface area contributed by atoms with Gasteiger partial charge in [0.05, 0.1) is 48.4 Å². The van der Waals surface area contributed by atoms with Gasteiger partial charge >= 0.3 is 0 Å². The number of benzene rings is 2. The maximum atomic E-state index is 14.4. The lowest BCUT2D eigenvalue weighted by atomic mass is 9.48. The van der Waals surface area contributed by atoms with Crippen LogP contribution in [0.5, 0.6) is 11.5 Å². The Labute approximate surface area is 250 Å². The first-order valence-corrected chi connectivity index (χ1v) is 15.9. The minimum atomic E-state index is -3.98. The number of amides is 1. The summed E-state index contributed by atoms with van der Waals surface area (Å²) in [7, 11) is 1.24. The Balaban J connectivity index is 1.30. The van der Waals surface area contributed by atoms with Gasteiger partial charge in [0.25, 0.3) is 0 Å². The number of nitrogens with zero attached hydrogens (tertiary/aromatic N) is 2. The zero-order chi connectivity index (χ0) is 30.1. The number of aliphatic hydroxyl groups is 1. The van der Waals surface area contributed by atoms with Crippen LogP contribution in [0.4, 0.5) is 5.69 Å². The van der Waals surface area contributed by atoms with Crippen LogP contribution in [0.2, 0.25) is 0 Å². The van der Waals surface area contributed by atoms with Gasteiger partial charge in [-0.2, -0.15) is 4.31 Å². The normalized spacial score (nSPS) is 29.2. The molecule has 10 nitrogen and oxygen atoms in total. The lowest BCUT2D eigenvalue weighted by molar-refractivity contribution is -0.177. The first kappa shape index (κ1) is 28.0. The summed E-state index contributed by atoms with van der Waals surface area (Å²) in [5.74, 6) is 0.849. The molecular weight excluding hydrogens is 570 g/mol. The first-order chi connectivity index (χ1) is 20.6. The fourth-order valence-corrected chi connectivity index (χ4v) is 9.97. The van der Waals surface area contributed by atoms with E-state index in [1.807, 2.05) is 32.3 Å². The number of nitrogens with one attached hydrogen (secondary N) is 1. The molecule has 1 aromatic heterocycles. The number of anilines is 1. The Morgan fingerprint density at radius 2 is 2.00 bits per heavy atom. The Morgan fingerprint density at radius 1 is 1.19 bits per heavy atom. The van der Waals surface area contributed by atoms with Crippen LogP contribution in [0.15, 0.2) is 70.4 Å². The van der Waals surface area contributed by atoms with Crippen molar-refractivity contribution in [2.24, 2.45) is 0 Å². The topological polar surface area (TPSA) is 122 Å². The molecular formula is C32H35N3O7S. The molecule has 1 saturated heterocycles. The minimum absolute atomic E-state index is 0.202. The van der Waals surface area contributed by atoms with E-state index in [2.05, 4.69) is 5.32 Å². The molecule has 0 unspecified atom stereocenters. The minimum Gasteiger partial charge on any atom is -0.493 e. The van der Waals surface area contributed by atoms with Gasteiger partial charge in [0, 0.05) is 37.8 Å². The molecule has 43 heavy (non-hydrogen) atoms. The average molecular weight is 606 g/mol. The molecule has 3 aromatic rings. The molecule has 1 saturated carbocycles. The highest BCUT2D eigenvalue weighted by Crippen LogP contribution is 2.66. The number of hydrogen-bond donors (Lipinski definition) is 2. The summed E-state index contributed by atoms with van der Waals surface area (Å²) in [6, 6.07) is 11.4. The Bertz CT molecular complexity index is 1720. The van der Waals surface area contributed by atoms with Crippen molar-refractivity contribution in [3.63, 3.8) is 0 Å². The predicted octanol–water partition coefficient (Wildman–Crippen LogP) is 3.10. The molecule has 2 N–H and O–H groups in total. The van der Waals surface area contributed by atoms with Crippen LogP contribution in [0.1, 0.15) is 36.0 Å². The Hall–Kier alpha value is -3.80. The number of ether oxygens (including phenoxy) is 2. The molecule has 0 radical (unpaired) electrons. The molecule has 1 amide bonds. The van der Waals surface area contributed by atoms with Gasteiger partial charge in [-0.15, -0.1) is 0 Å². The van der Waals surface area contributed by atoms with Crippen LogP contribution in [-0.4, -0.2) is 75.3 Å². The van der Waals surface area contributed by atoms with Crippen LogP contribution >= 0.6 is 0 Å². The largest absolute Gasteiger partial charge is 0.493 e. The highest BCUT2D eigenvalue weighted by atomic mass is 32.2. The fourth-order valence-electron chi connectivity index (χ4n) is 8.04. The van der Waals surface area contributed by atoms with Crippen molar-refractivity contribution < 1.29 is 32.2 Å². The van der Waals surface area contributed by atoms with Gasteiger partial charge in [0.2, 0.25) is 15.9 Å². The fraction of sp³-hybridized carbons (Fsp3) is 0.406. The summed E-state index contributed by atoms with van der Waals surface area (Å²) in [6.45, 7) is 0.202. The maximum absolute atomic E-state index is 14.4. The van der Waals surface area contributed by atoms with E-state index in [4.69, 9.17) is 13.9 Å². The number of furan rings is 1. The SMILES string of the molecule is COc1ccc2c3c1O[C@H]1[C@H](NC(=O)/C=C/c4ccoc4)CC[C@@]4(O)[C@@H](C2)N(S(=O)(=O)c2ccccc2N(C)C)CC[C@]314. The summed E-state index contributed by atoms with van der Waals surface area (Å²) in [5.41, 5.74) is 0.830. The number of carbonyl (C=O) groups is 1. The predicted molar refractivity (Wildman–Crippen MR) is 160 cm³/mol. The molecule has 2 bridgehead atoms. The standard InChI is InChI=1S/C32H35N3O7S/c1-34(2)23-6-4-5-7-25(23)43(38,39)35-16-15-31-28-21-9-10-24(40-3)29(28)42-30(31)22(12-14-32(31,37)26(35)18-21)33-27(36)11-8-20-13-17-41-19-20/h4-11,13,17,19,22,26,30,37H,12,14-16,18H2,1-3H3,(H,33,36)/b11-8+/t22-,26-,30+,31+,32-/m1/s1. The number of rotatable bonds is 7. The third-order valence-electron chi connectivity index (χ3n) is 9.85. The van der Waals surface area contributed by atoms with Crippen LogP contribution < -0.4 is 19.7 Å². The molecule has 3 heterocycles. The quantitative estimate of drug-likeness (QED) is 0.394. The van der Waals surface area contributed by atoms with Crippen molar-refractivity contribution >= 4 is 27.7 Å². The van der Waals surface area contributed by atoms with Crippen LogP contribution in [0.3, 0.4) is 0 Å². The molecule has 2 aromatic carbocycles. The second-order valence-electron chi connectivity index (χ2n) is 12.1. The van der Waals surface area contributed by atoms with Crippen molar-refractivity contribution in [1.29, 1.82) is 0 Å². The van der Waals surface area contributed by atoms with E-state index in [0.29, 0.717) is 42.9 Å². The summed E-state index contributed by atoms with van der Waals surface area (Å²) in [4.78, 5) is 15.1. The molecule has 5 atom stereocenters. The van der Waals surface area contributed by atoms with Gasteiger partial charge in [-0.25, -0.2) is 8.42 Å². The number of hydrogen-bond acceptors (Lipinski definition) is 8. The third-order valence-corrected chi connectivity index (χ3v) is 11.8. The average Bonchev–Trinajstić information content (AvgIpc) is 3.63. The zero-order valence-electron chi connectivity index (χ0n) is 24.3. The monoisotopic (exact) mass is 605 g/mol. The number of methoxy groups -OCH3 is 1. The molecule has 226 valence electrons. The van der Waals surface area contributed by atoms with Crippen molar-refractivity contribution in [2.75, 3.05) is 32.6 Å². The molecule has 2 fully saturated rings. The number of piperidine rings is 1. The van der Waals surface area contributed by atoms with E-state index in [9.17, 15) is 18.3 Å². The van der Waals surface area contributed by atoms with Crippen LogP contribution in [0, 0.1) is 0 Å². The number of carbonyl (C=O) groups excluding carboxylic acids is 1. The van der Waals surface area contributed by atoms with Gasteiger partial charge in [-0.3, -0.25) is 4.79 Å². The van der Waals surface area contributed by atoms with Gasteiger partial charge in [0.15, 0.2) is 11.5 Å². The highest BCUT2D eigenvalue weighted by Gasteiger charge is 2.74. The van der Waals surface area contributed by atoms with E-state index in [-0.39, 0.29) is 17.3 Å². The van der Waals surface area contributed by atoms with Crippen LogP contribution in [0.25, 0.3) is 6.08 Å². The molecule has 2 aliphatic heterocycles. The molecule has 2 aliphatic carbocycles. The van der Waals surface area contributed by atoms with Crippen molar-refractivity contribution in [3.8, 4) is 11.5 Å². The Morgan fingerprint density at radius 3 is 2.74 bits per heavy atom. The van der Waals surface area contributed by atoms with E-state index in [1.165, 1.54) is 10.4 Å². The second kappa shape index (κ2) is 9.87. The van der Waals surface area contributed by atoms with Crippen molar-refractivity contribution in [3.05, 3.63) is 77.8 Å². The Kier molecular flexibility index (Phi) is 6.42. The van der Waals surface area contributed by atoms with Gasteiger partial charge in [-0.05, 0) is 61.6 Å². The zero-order valence-corrected chi connectivity index (χ0v) is 25.1. The summed E-state index contributed by atoms with van der Waals surface area (Å²) < 4.78 is 47.7. The summed E-state index contributed by atoms with van der Waals surface area (Å²) in [5, 5.41) is 16.0. The molecule has 7 rings (SSSR count). The summed E-state index contributed by atoms with van der Waals surface area (Å²) >= 11 is 0. The highest BCUT2D eigenvalue weighted by molar-refractivity contribution is 7.89. The number of para-hydroxylation sites is 1. The van der Waals surface area contributed by atoms with Gasteiger partial charge < -0.3 is 29.2 Å². The van der Waals surface area contributed by atoms with E-state index >= 15 is 0 Å². The van der Waals surface area contributed by atoms with Crippen molar-refractivity contribution in [1.82, 2.24) is 9.62 Å². The molecule has 4 aliphatic rings. The smallest absolute Gasteiger partial charge is 0.245 e. The van der Waals surface area contributed by atoms with E-state index in [1.54, 1.807) is 54.9 Å². The number of sulfonamides is 1. The van der Waals surface area contributed by atoms with Gasteiger partial charge in [0.1, 0.15) is 11.0 Å². The molecule has 11 heteroatoms. The van der Waals surface area contributed by atoms with Crippen molar-refractivity contribution in [2.45, 2.75) is 59.8 Å². The second-order valence-corrected chi connectivity index (χ2v) is 13.9. The maximum Gasteiger partial charge on any atom is 0.245 e. The first-order valence-electron chi connectivity index (χ1n) is 14.5. The lowest BCUT2D eigenvalue weighted by Crippen LogP contribution is -2.78. The van der Waals surface area contributed by atoms with E-state index in [0.717, 1.165) is 16.7 Å². The lowest BCUT2D eigenvalue weighted by Gasteiger charge is -2.63. The molecule has 1 spiro atoms.